The van der Waals surface area contributed by atoms with Crippen molar-refractivity contribution in [2.75, 3.05) is 0 Å². The lowest BCUT2D eigenvalue weighted by Gasteiger charge is -2.06. The van der Waals surface area contributed by atoms with E-state index in [2.05, 4.69) is 50.9 Å². The van der Waals surface area contributed by atoms with Crippen molar-refractivity contribution in [2.45, 2.75) is 34.1 Å². The van der Waals surface area contributed by atoms with E-state index in [4.69, 9.17) is 0 Å². The van der Waals surface area contributed by atoms with E-state index < -0.39 is 0 Å². The molecule has 0 saturated heterocycles. The summed E-state index contributed by atoms with van der Waals surface area (Å²) in [4.78, 5) is 4.65. The number of para-hydroxylation sites is 1. The molecule has 0 aromatic heterocycles. The molecule has 0 bridgehead atoms. The molecule has 0 unspecified atom stereocenters. The molecule has 0 N–H and O–H groups in total. The molecule has 0 aliphatic carbocycles. The third-order valence-corrected chi connectivity index (χ3v) is 2.50. The van der Waals surface area contributed by atoms with Crippen molar-refractivity contribution in [1.29, 1.82) is 0 Å². The molecule has 0 spiro atoms. The number of rotatable bonds is 3. The van der Waals surface area contributed by atoms with Crippen LogP contribution in [0.25, 0.3) is 0 Å². The minimum atomic E-state index is 0.528. The van der Waals surface area contributed by atoms with Gasteiger partial charge < -0.3 is 0 Å². The summed E-state index contributed by atoms with van der Waals surface area (Å²) in [5.74, 6) is 0.528. The molecular formula is C13H19N. The van der Waals surface area contributed by atoms with E-state index in [1.807, 2.05) is 6.07 Å². The van der Waals surface area contributed by atoms with Crippen molar-refractivity contribution >= 4 is 11.4 Å². The maximum absolute atomic E-state index is 4.65. The highest BCUT2D eigenvalue weighted by Crippen LogP contribution is 2.20. The fourth-order valence-corrected chi connectivity index (χ4v) is 1.24. The minimum absolute atomic E-state index is 0.528. The molecule has 1 aromatic rings. The summed E-state index contributed by atoms with van der Waals surface area (Å²) in [5.41, 5.74) is 3.65. The molecule has 0 radical (unpaired) electrons. The van der Waals surface area contributed by atoms with E-state index in [9.17, 15) is 0 Å². The van der Waals surface area contributed by atoms with Gasteiger partial charge in [0, 0.05) is 5.71 Å². The molecule has 0 atom stereocenters. The number of benzene rings is 1. The number of aliphatic imine (C=N–C) groups is 1. The summed E-state index contributed by atoms with van der Waals surface area (Å²) in [6, 6.07) is 8.35. The van der Waals surface area contributed by atoms with Crippen LogP contribution >= 0.6 is 0 Å². The van der Waals surface area contributed by atoms with Crippen molar-refractivity contribution in [3.05, 3.63) is 29.8 Å². The quantitative estimate of drug-likeness (QED) is 0.637. The van der Waals surface area contributed by atoms with Crippen LogP contribution in [-0.4, -0.2) is 5.71 Å². The van der Waals surface area contributed by atoms with Crippen molar-refractivity contribution < 1.29 is 0 Å². The molecule has 76 valence electrons. The second-order valence-corrected chi connectivity index (χ2v) is 3.89. The first-order chi connectivity index (χ1) is 6.65. The van der Waals surface area contributed by atoms with E-state index >= 15 is 0 Å². The standard InChI is InChI=1S/C13H19N/c1-5-12-8-6-7-9-13(12)14-11(4)10(2)3/h6-10H,5H2,1-4H3/b14-11+. The van der Waals surface area contributed by atoms with Gasteiger partial charge >= 0.3 is 0 Å². The maximum atomic E-state index is 4.65. The topological polar surface area (TPSA) is 12.4 Å². The maximum Gasteiger partial charge on any atom is 0.0660 e. The molecule has 1 rings (SSSR count). The van der Waals surface area contributed by atoms with Crippen LogP contribution in [0, 0.1) is 5.92 Å². The largest absolute Gasteiger partial charge is 0.258 e. The lowest BCUT2D eigenvalue weighted by molar-refractivity contribution is 0.878. The monoisotopic (exact) mass is 189 g/mol. The van der Waals surface area contributed by atoms with E-state index in [1.54, 1.807) is 0 Å². The molecular weight excluding hydrogens is 170 g/mol. The average molecular weight is 189 g/mol. The molecule has 1 nitrogen and oxygen atoms in total. The molecule has 0 aliphatic rings. The van der Waals surface area contributed by atoms with Crippen LogP contribution in [-0.2, 0) is 6.42 Å². The first-order valence-corrected chi connectivity index (χ1v) is 5.28. The Morgan fingerprint density at radius 3 is 2.50 bits per heavy atom. The second kappa shape index (κ2) is 4.94. The van der Waals surface area contributed by atoms with Gasteiger partial charge in [-0.1, -0.05) is 39.0 Å². The summed E-state index contributed by atoms with van der Waals surface area (Å²) in [6.07, 6.45) is 1.05. The van der Waals surface area contributed by atoms with Gasteiger partial charge in [0.25, 0.3) is 0 Å². The van der Waals surface area contributed by atoms with Crippen LogP contribution in [0.3, 0.4) is 0 Å². The molecule has 0 amide bonds. The second-order valence-electron chi connectivity index (χ2n) is 3.89. The fourth-order valence-electron chi connectivity index (χ4n) is 1.24. The van der Waals surface area contributed by atoms with Crippen molar-refractivity contribution in [1.82, 2.24) is 0 Å². The highest BCUT2D eigenvalue weighted by molar-refractivity contribution is 5.86. The Hall–Kier alpha value is -1.11. The van der Waals surface area contributed by atoms with Crippen molar-refractivity contribution in [2.24, 2.45) is 10.9 Å². The van der Waals surface area contributed by atoms with Gasteiger partial charge in [0.05, 0.1) is 5.69 Å². The van der Waals surface area contributed by atoms with E-state index in [0.717, 1.165) is 12.1 Å². The smallest absolute Gasteiger partial charge is 0.0660 e. The first-order valence-electron chi connectivity index (χ1n) is 5.28. The van der Waals surface area contributed by atoms with Gasteiger partial charge in [0.2, 0.25) is 0 Å². The molecule has 0 aliphatic heterocycles. The predicted molar refractivity (Wildman–Crippen MR) is 63.4 cm³/mol. The Balaban J connectivity index is 3.01. The van der Waals surface area contributed by atoms with Crippen molar-refractivity contribution in [3.8, 4) is 0 Å². The Bertz CT molecular complexity index is 324. The molecule has 1 aromatic carbocycles. The van der Waals surface area contributed by atoms with E-state index in [1.165, 1.54) is 11.3 Å². The van der Waals surface area contributed by atoms with Gasteiger partial charge in [-0.3, -0.25) is 4.99 Å². The molecule has 0 heterocycles. The van der Waals surface area contributed by atoms with Gasteiger partial charge in [-0.15, -0.1) is 0 Å². The summed E-state index contributed by atoms with van der Waals surface area (Å²) in [6.45, 7) is 8.61. The van der Waals surface area contributed by atoms with E-state index in [-0.39, 0.29) is 0 Å². The van der Waals surface area contributed by atoms with Gasteiger partial charge in [0.1, 0.15) is 0 Å². The Morgan fingerprint density at radius 1 is 1.29 bits per heavy atom. The number of nitrogens with zero attached hydrogens (tertiary/aromatic N) is 1. The van der Waals surface area contributed by atoms with Crippen LogP contribution in [0.15, 0.2) is 29.3 Å². The number of aryl methyl sites for hydroxylation is 1. The van der Waals surface area contributed by atoms with Crippen LogP contribution < -0.4 is 0 Å². The first kappa shape index (κ1) is 11.0. The van der Waals surface area contributed by atoms with Gasteiger partial charge in [-0.05, 0) is 30.9 Å². The summed E-state index contributed by atoms with van der Waals surface area (Å²) in [5, 5.41) is 0. The molecule has 1 heteroatoms. The Labute approximate surface area is 86.9 Å². The minimum Gasteiger partial charge on any atom is -0.258 e. The fraction of sp³-hybridized carbons (Fsp3) is 0.462. The zero-order valence-corrected chi connectivity index (χ0v) is 9.54. The average Bonchev–Trinajstić information content (AvgIpc) is 2.18. The third kappa shape index (κ3) is 2.69. The lowest BCUT2D eigenvalue weighted by Crippen LogP contribution is -2.01. The lowest BCUT2D eigenvalue weighted by atomic mass is 10.1. The third-order valence-electron chi connectivity index (χ3n) is 2.50. The number of hydrogen-bond donors (Lipinski definition) is 0. The van der Waals surface area contributed by atoms with Crippen molar-refractivity contribution in [3.63, 3.8) is 0 Å². The highest BCUT2D eigenvalue weighted by Gasteiger charge is 2.01. The summed E-state index contributed by atoms with van der Waals surface area (Å²) in [7, 11) is 0. The van der Waals surface area contributed by atoms with Crippen LogP contribution in [0.2, 0.25) is 0 Å². The van der Waals surface area contributed by atoms with Gasteiger partial charge in [-0.2, -0.15) is 0 Å². The number of hydrogen-bond acceptors (Lipinski definition) is 1. The highest BCUT2D eigenvalue weighted by atomic mass is 14.7. The van der Waals surface area contributed by atoms with Crippen LogP contribution in [0.4, 0.5) is 5.69 Å². The van der Waals surface area contributed by atoms with Crippen LogP contribution in [0.5, 0.6) is 0 Å². The Kier molecular flexibility index (Phi) is 3.87. The van der Waals surface area contributed by atoms with Gasteiger partial charge in [0.15, 0.2) is 0 Å². The normalized spacial score (nSPS) is 12.2. The SMILES string of the molecule is CCc1ccccc1/N=C(\C)C(C)C. The summed E-state index contributed by atoms with van der Waals surface area (Å²) >= 11 is 0. The molecule has 14 heavy (non-hydrogen) atoms. The Morgan fingerprint density at radius 2 is 1.93 bits per heavy atom. The molecule has 0 saturated carbocycles. The zero-order valence-electron chi connectivity index (χ0n) is 9.54. The summed E-state index contributed by atoms with van der Waals surface area (Å²) < 4.78 is 0. The van der Waals surface area contributed by atoms with Gasteiger partial charge in [-0.25, -0.2) is 0 Å². The van der Waals surface area contributed by atoms with Crippen LogP contribution in [0.1, 0.15) is 33.3 Å². The van der Waals surface area contributed by atoms with E-state index in [0.29, 0.717) is 5.92 Å². The zero-order chi connectivity index (χ0) is 10.6. The molecule has 0 fully saturated rings. The predicted octanol–water partition coefficient (Wildman–Crippen LogP) is 4.00.